The van der Waals surface area contributed by atoms with Gasteiger partial charge >= 0.3 is 0 Å². The Balaban J connectivity index is 4.50. The molecule has 0 aliphatic heterocycles. The lowest BCUT2D eigenvalue weighted by atomic mass is 9.81. The Kier molecular flexibility index (Phi) is 3.88. The molecule has 0 fully saturated rings. The zero-order valence-corrected chi connectivity index (χ0v) is 7.85. The van der Waals surface area contributed by atoms with Crippen molar-refractivity contribution < 1.29 is 0 Å². The van der Waals surface area contributed by atoms with Crippen LogP contribution in [0.3, 0.4) is 0 Å². The van der Waals surface area contributed by atoms with Gasteiger partial charge in [0, 0.05) is 0 Å². The highest BCUT2D eigenvalue weighted by Crippen LogP contribution is 2.30. The molecular weight excluding hydrogens is 132 g/mol. The zero-order valence-electron chi connectivity index (χ0n) is 7.85. The average molecular weight is 150 g/mol. The van der Waals surface area contributed by atoms with Gasteiger partial charge in [-0.1, -0.05) is 38.7 Å². The van der Waals surface area contributed by atoms with Gasteiger partial charge in [0.1, 0.15) is 0 Å². The summed E-state index contributed by atoms with van der Waals surface area (Å²) in [6.45, 7) is 14.0. The summed E-state index contributed by atoms with van der Waals surface area (Å²) in [7, 11) is 0. The van der Waals surface area contributed by atoms with E-state index in [1.807, 2.05) is 19.1 Å². The molecule has 0 spiro atoms. The van der Waals surface area contributed by atoms with Crippen LogP contribution in [0.25, 0.3) is 0 Å². The van der Waals surface area contributed by atoms with Crippen molar-refractivity contribution in [3.05, 3.63) is 37.0 Å². The number of hydrogen-bond donors (Lipinski definition) is 0. The van der Waals surface area contributed by atoms with Crippen LogP contribution in [-0.2, 0) is 0 Å². The van der Waals surface area contributed by atoms with E-state index in [0.29, 0.717) is 0 Å². The smallest absolute Gasteiger partial charge is 0.00727 e. The van der Waals surface area contributed by atoms with Crippen molar-refractivity contribution in [2.24, 2.45) is 5.41 Å². The van der Waals surface area contributed by atoms with Crippen LogP contribution in [0.4, 0.5) is 0 Å². The molecule has 0 unspecified atom stereocenters. The first-order valence-corrected chi connectivity index (χ1v) is 3.98. The van der Waals surface area contributed by atoms with Crippen LogP contribution < -0.4 is 0 Å². The molecule has 11 heavy (non-hydrogen) atoms. The Bertz CT molecular complexity index is 170. The first-order valence-electron chi connectivity index (χ1n) is 3.98. The first-order chi connectivity index (χ1) is 5.08. The Morgan fingerprint density at radius 3 is 2.18 bits per heavy atom. The summed E-state index contributed by atoms with van der Waals surface area (Å²) in [6.07, 6.45) is 6.98. The van der Waals surface area contributed by atoms with E-state index in [2.05, 4.69) is 33.1 Å². The molecule has 62 valence electrons. The van der Waals surface area contributed by atoms with Crippen LogP contribution in [0.1, 0.15) is 27.2 Å². The van der Waals surface area contributed by atoms with Gasteiger partial charge in [-0.3, -0.25) is 0 Å². The second-order valence-corrected chi connectivity index (χ2v) is 3.32. The third-order valence-electron chi connectivity index (χ3n) is 1.97. The summed E-state index contributed by atoms with van der Waals surface area (Å²) in [6, 6.07) is 0. The quantitative estimate of drug-likeness (QED) is 0.423. The molecule has 0 aliphatic rings. The van der Waals surface area contributed by atoms with Crippen LogP contribution in [0, 0.1) is 5.41 Å². The van der Waals surface area contributed by atoms with Gasteiger partial charge in [-0.05, 0) is 24.3 Å². The Labute approximate surface area is 70.3 Å². The lowest BCUT2D eigenvalue weighted by Crippen LogP contribution is -2.11. The van der Waals surface area contributed by atoms with Crippen molar-refractivity contribution in [3.63, 3.8) is 0 Å². The van der Waals surface area contributed by atoms with Crippen molar-refractivity contribution in [1.82, 2.24) is 0 Å². The highest BCUT2D eigenvalue weighted by molar-refractivity contribution is 5.23. The van der Waals surface area contributed by atoms with Gasteiger partial charge in [0.05, 0.1) is 0 Å². The molecule has 0 aromatic heterocycles. The highest BCUT2D eigenvalue weighted by Gasteiger charge is 2.17. The maximum atomic E-state index is 3.78. The summed E-state index contributed by atoms with van der Waals surface area (Å²) in [5, 5.41) is 0. The molecule has 0 atom stereocenters. The van der Waals surface area contributed by atoms with Gasteiger partial charge in [-0.25, -0.2) is 0 Å². The zero-order chi connectivity index (χ0) is 8.91. The van der Waals surface area contributed by atoms with E-state index in [9.17, 15) is 0 Å². The second kappa shape index (κ2) is 4.17. The van der Waals surface area contributed by atoms with Crippen molar-refractivity contribution in [1.29, 1.82) is 0 Å². The first kappa shape index (κ1) is 10.2. The minimum Gasteiger partial charge on any atom is -0.103 e. The van der Waals surface area contributed by atoms with Crippen LogP contribution in [0.2, 0.25) is 0 Å². The van der Waals surface area contributed by atoms with Gasteiger partial charge in [-0.2, -0.15) is 0 Å². The van der Waals surface area contributed by atoms with E-state index >= 15 is 0 Å². The Morgan fingerprint density at radius 2 is 1.91 bits per heavy atom. The third kappa shape index (κ3) is 2.75. The standard InChI is InChI=1S/C11H18/c1-6-9-11(4,5)10(7-2)8-3/h6-8H,1-2,9H2,3-5H3/b10-8+. The normalized spacial score (nSPS) is 12.8. The maximum Gasteiger partial charge on any atom is -0.00727 e. The summed E-state index contributed by atoms with van der Waals surface area (Å²) >= 11 is 0. The Hall–Kier alpha value is -0.780. The van der Waals surface area contributed by atoms with Crippen molar-refractivity contribution >= 4 is 0 Å². The average Bonchev–Trinajstić information content (AvgIpc) is 1.89. The van der Waals surface area contributed by atoms with Crippen LogP contribution in [0.15, 0.2) is 37.0 Å². The summed E-state index contributed by atoms with van der Waals surface area (Å²) in [5.74, 6) is 0. The second-order valence-electron chi connectivity index (χ2n) is 3.32. The molecule has 0 rings (SSSR count). The van der Waals surface area contributed by atoms with E-state index in [1.54, 1.807) is 0 Å². The molecular formula is C11H18. The van der Waals surface area contributed by atoms with Crippen LogP contribution in [-0.4, -0.2) is 0 Å². The van der Waals surface area contributed by atoms with E-state index in [-0.39, 0.29) is 5.41 Å². The van der Waals surface area contributed by atoms with E-state index in [1.165, 1.54) is 5.57 Å². The largest absolute Gasteiger partial charge is 0.103 e. The van der Waals surface area contributed by atoms with Gasteiger partial charge in [0.25, 0.3) is 0 Å². The molecule has 0 amide bonds. The predicted octanol–water partition coefficient (Wildman–Crippen LogP) is 3.72. The van der Waals surface area contributed by atoms with Crippen molar-refractivity contribution in [2.45, 2.75) is 27.2 Å². The molecule has 0 heteroatoms. The van der Waals surface area contributed by atoms with Gasteiger partial charge < -0.3 is 0 Å². The van der Waals surface area contributed by atoms with Gasteiger partial charge in [0.2, 0.25) is 0 Å². The van der Waals surface area contributed by atoms with Crippen LogP contribution >= 0.6 is 0 Å². The molecule has 0 saturated heterocycles. The van der Waals surface area contributed by atoms with E-state index < -0.39 is 0 Å². The van der Waals surface area contributed by atoms with E-state index in [4.69, 9.17) is 0 Å². The Morgan fingerprint density at radius 1 is 1.36 bits per heavy atom. The fraction of sp³-hybridized carbons (Fsp3) is 0.455. The summed E-state index contributed by atoms with van der Waals surface area (Å²) in [4.78, 5) is 0. The van der Waals surface area contributed by atoms with E-state index in [0.717, 1.165) is 6.42 Å². The van der Waals surface area contributed by atoms with Crippen LogP contribution in [0.5, 0.6) is 0 Å². The number of rotatable bonds is 4. The number of hydrogen-bond acceptors (Lipinski definition) is 0. The molecule has 0 nitrogen and oxygen atoms in total. The van der Waals surface area contributed by atoms with Gasteiger partial charge in [-0.15, -0.1) is 6.58 Å². The molecule has 0 aliphatic carbocycles. The monoisotopic (exact) mass is 150 g/mol. The molecule has 0 heterocycles. The van der Waals surface area contributed by atoms with Crippen molar-refractivity contribution in [3.8, 4) is 0 Å². The van der Waals surface area contributed by atoms with Crippen molar-refractivity contribution in [2.75, 3.05) is 0 Å². The summed E-state index contributed by atoms with van der Waals surface area (Å²) in [5.41, 5.74) is 1.48. The topological polar surface area (TPSA) is 0 Å². The number of allylic oxidation sites excluding steroid dienone is 4. The third-order valence-corrected chi connectivity index (χ3v) is 1.97. The lowest BCUT2D eigenvalue weighted by molar-refractivity contribution is 0.465. The molecule has 0 radical (unpaired) electrons. The fourth-order valence-electron chi connectivity index (χ4n) is 1.26. The highest BCUT2D eigenvalue weighted by atomic mass is 14.2. The summed E-state index contributed by atoms with van der Waals surface area (Å²) < 4.78 is 0. The molecule has 0 bridgehead atoms. The molecule has 0 N–H and O–H groups in total. The fourth-order valence-corrected chi connectivity index (χ4v) is 1.26. The molecule has 0 aromatic rings. The SMILES string of the molecule is C=CCC(C)(C)/C(C=C)=C/C. The molecule has 0 aromatic carbocycles. The minimum atomic E-state index is 0.193. The lowest BCUT2D eigenvalue weighted by Gasteiger charge is -2.24. The molecule has 0 saturated carbocycles. The predicted molar refractivity (Wildman–Crippen MR) is 52.5 cm³/mol. The minimum absolute atomic E-state index is 0.193. The van der Waals surface area contributed by atoms with Gasteiger partial charge in [0.15, 0.2) is 0 Å². The maximum absolute atomic E-state index is 3.78.